The van der Waals surface area contributed by atoms with Crippen LogP contribution in [0.25, 0.3) is 0 Å². The van der Waals surface area contributed by atoms with Gasteiger partial charge in [-0.1, -0.05) is 6.07 Å². The minimum absolute atomic E-state index is 0.0595. The molecule has 0 radical (unpaired) electrons. The zero-order chi connectivity index (χ0) is 17.2. The number of piperazine rings is 1. The Kier molecular flexibility index (Phi) is 5.01. The Balaban J connectivity index is 1.38. The molecule has 25 heavy (non-hydrogen) atoms. The van der Waals surface area contributed by atoms with Gasteiger partial charge in [-0.25, -0.2) is 0 Å². The van der Waals surface area contributed by atoms with Crippen molar-refractivity contribution in [3.8, 4) is 0 Å². The van der Waals surface area contributed by atoms with Gasteiger partial charge in [0.1, 0.15) is 5.69 Å². The van der Waals surface area contributed by atoms with Crippen molar-refractivity contribution in [2.24, 2.45) is 11.8 Å². The van der Waals surface area contributed by atoms with Crippen molar-refractivity contribution in [3.63, 3.8) is 0 Å². The van der Waals surface area contributed by atoms with E-state index in [0.717, 1.165) is 58.8 Å². The smallest absolute Gasteiger partial charge is 0.272 e. The first kappa shape index (κ1) is 16.9. The van der Waals surface area contributed by atoms with Crippen LogP contribution in [0.15, 0.2) is 24.4 Å². The van der Waals surface area contributed by atoms with Gasteiger partial charge < -0.3 is 14.5 Å². The summed E-state index contributed by atoms with van der Waals surface area (Å²) in [5, 5.41) is 0. The predicted octanol–water partition coefficient (Wildman–Crippen LogP) is 0.806. The van der Waals surface area contributed by atoms with Crippen LogP contribution in [0.4, 0.5) is 0 Å². The number of rotatable bonds is 3. The number of aromatic nitrogens is 1. The second-order valence-electron chi connectivity index (χ2n) is 7.65. The SMILES string of the molecule is CN1CCN(C[C@@H]2OC[C@H]3CCN(C(=O)c4ccccn4)C[C@H]32)CC1. The number of ether oxygens (including phenoxy) is 1. The van der Waals surface area contributed by atoms with Crippen LogP contribution in [0.2, 0.25) is 0 Å². The molecule has 3 saturated heterocycles. The lowest BCUT2D eigenvalue weighted by atomic mass is 9.84. The molecular formula is C19H28N4O2. The quantitative estimate of drug-likeness (QED) is 0.812. The van der Waals surface area contributed by atoms with Gasteiger partial charge in [0.25, 0.3) is 5.91 Å². The van der Waals surface area contributed by atoms with Crippen molar-refractivity contribution in [1.29, 1.82) is 0 Å². The van der Waals surface area contributed by atoms with E-state index < -0.39 is 0 Å². The number of carbonyl (C=O) groups excluding carboxylic acids is 1. The summed E-state index contributed by atoms with van der Waals surface area (Å²) in [6.45, 7) is 7.97. The van der Waals surface area contributed by atoms with Gasteiger partial charge in [-0.15, -0.1) is 0 Å². The third-order valence-corrected chi connectivity index (χ3v) is 6.01. The van der Waals surface area contributed by atoms with Crippen LogP contribution in [0.5, 0.6) is 0 Å². The Labute approximate surface area is 149 Å². The number of amides is 1. The molecule has 0 unspecified atom stereocenters. The molecule has 4 rings (SSSR count). The van der Waals surface area contributed by atoms with Gasteiger partial charge in [0.15, 0.2) is 0 Å². The van der Waals surface area contributed by atoms with Gasteiger partial charge in [0, 0.05) is 57.9 Å². The fourth-order valence-electron chi connectivity index (χ4n) is 4.34. The van der Waals surface area contributed by atoms with Crippen molar-refractivity contribution in [2.45, 2.75) is 12.5 Å². The minimum atomic E-state index is 0.0595. The lowest BCUT2D eigenvalue weighted by molar-refractivity contribution is 0.0290. The lowest BCUT2D eigenvalue weighted by Crippen LogP contribution is -2.50. The predicted molar refractivity (Wildman–Crippen MR) is 95.4 cm³/mol. The largest absolute Gasteiger partial charge is 0.376 e. The molecule has 136 valence electrons. The van der Waals surface area contributed by atoms with E-state index >= 15 is 0 Å². The Morgan fingerprint density at radius 1 is 1.24 bits per heavy atom. The van der Waals surface area contributed by atoms with Crippen molar-refractivity contribution in [2.75, 3.05) is 59.5 Å². The molecule has 3 fully saturated rings. The van der Waals surface area contributed by atoms with Crippen LogP contribution < -0.4 is 0 Å². The van der Waals surface area contributed by atoms with Crippen LogP contribution in [-0.4, -0.2) is 91.2 Å². The molecule has 0 bridgehead atoms. The highest BCUT2D eigenvalue weighted by atomic mass is 16.5. The normalized spacial score (nSPS) is 31.1. The molecule has 3 aliphatic heterocycles. The van der Waals surface area contributed by atoms with E-state index in [0.29, 0.717) is 17.5 Å². The minimum Gasteiger partial charge on any atom is -0.376 e. The van der Waals surface area contributed by atoms with Crippen molar-refractivity contribution in [1.82, 2.24) is 19.7 Å². The number of fused-ring (bicyclic) bond motifs is 1. The Hall–Kier alpha value is -1.50. The second kappa shape index (κ2) is 7.40. The Bertz CT molecular complexity index is 588. The maximum atomic E-state index is 12.7. The molecule has 0 aromatic carbocycles. The van der Waals surface area contributed by atoms with Crippen LogP contribution in [0.3, 0.4) is 0 Å². The number of likely N-dealkylation sites (tertiary alicyclic amines) is 1. The summed E-state index contributed by atoms with van der Waals surface area (Å²) in [4.78, 5) is 23.8. The highest BCUT2D eigenvalue weighted by molar-refractivity contribution is 5.92. The van der Waals surface area contributed by atoms with E-state index in [1.54, 1.807) is 12.3 Å². The van der Waals surface area contributed by atoms with Crippen molar-refractivity contribution >= 4 is 5.91 Å². The lowest BCUT2D eigenvalue weighted by Gasteiger charge is -2.38. The molecule has 1 aromatic rings. The van der Waals surface area contributed by atoms with Gasteiger partial charge in [-0.3, -0.25) is 14.7 Å². The Morgan fingerprint density at radius 3 is 2.84 bits per heavy atom. The van der Waals surface area contributed by atoms with Gasteiger partial charge in [-0.05, 0) is 31.5 Å². The monoisotopic (exact) mass is 344 g/mol. The molecule has 0 aliphatic carbocycles. The molecule has 6 nitrogen and oxygen atoms in total. The summed E-state index contributed by atoms with van der Waals surface area (Å²) in [6, 6.07) is 5.53. The summed E-state index contributed by atoms with van der Waals surface area (Å²) in [6.07, 6.45) is 2.99. The summed E-state index contributed by atoms with van der Waals surface area (Å²) >= 11 is 0. The number of likely N-dealkylation sites (N-methyl/N-ethyl adjacent to an activating group) is 1. The number of piperidine rings is 1. The number of hydrogen-bond acceptors (Lipinski definition) is 5. The van der Waals surface area contributed by atoms with E-state index in [2.05, 4.69) is 21.8 Å². The van der Waals surface area contributed by atoms with Crippen LogP contribution in [0, 0.1) is 11.8 Å². The molecule has 6 heteroatoms. The number of hydrogen-bond donors (Lipinski definition) is 0. The van der Waals surface area contributed by atoms with Gasteiger partial charge in [-0.2, -0.15) is 0 Å². The highest BCUT2D eigenvalue weighted by Gasteiger charge is 2.42. The number of nitrogens with zero attached hydrogens (tertiary/aromatic N) is 4. The molecule has 4 heterocycles. The molecule has 0 saturated carbocycles. The third-order valence-electron chi connectivity index (χ3n) is 6.01. The van der Waals surface area contributed by atoms with Crippen molar-refractivity contribution < 1.29 is 9.53 Å². The van der Waals surface area contributed by atoms with E-state index in [4.69, 9.17) is 4.74 Å². The zero-order valence-electron chi connectivity index (χ0n) is 15.0. The topological polar surface area (TPSA) is 48.9 Å². The van der Waals surface area contributed by atoms with Crippen LogP contribution in [-0.2, 0) is 4.74 Å². The molecule has 0 spiro atoms. The van der Waals surface area contributed by atoms with Crippen LogP contribution >= 0.6 is 0 Å². The van der Waals surface area contributed by atoms with Gasteiger partial charge in [0.05, 0.1) is 12.7 Å². The average Bonchev–Trinajstić information content (AvgIpc) is 3.06. The fraction of sp³-hybridized carbons (Fsp3) is 0.684. The molecular weight excluding hydrogens is 316 g/mol. The molecule has 0 N–H and O–H groups in total. The third kappa shape index (κ3) is 3.71. The maximum absolute atomic E-state index is 12.7. The van der Waals surface area contributed by atoms with E-state index in [9.17, 15) is 4.79 Å². The van der Waals surface area contributed by atoms with Gasteiger partial charge >= 0.3 is 0 Å². The van der Waals surface area contributed by atoms with E-state index in [1.165, 1.54) is 0 Å². The zero-order valence-corrected chi connectivity index (χ0v) is 15.0. The number of carbonyl (C=O) groups is 1. The van der Waals surface area contributed by atoms with Crippen molar-refractivity contribution in [3.05, 3.63) is 30.1 Å². The first-order valence-corrected chi connectivity index (χ1v) is 9.43. The molecule has 1 aromatic heterocycles. The fourth-order valence-corrected chi connectivity index (χ4v) is 4.34. The highest BCUT2D eigenvalue weighted by Crippen LogP contribution is 2.35. The standard InChI is InChI=1S/C19H28N4O2/c1-21-8-10-22(11-9-21)13-18-16-12-23(7-5-15(16)14-25-18)19(24)17-4-2-3-6-20-17/h2-4,6,15-16,18H,5,7-14H2,1H3/t15-,16-,18+/m1/s1. The van der Waals surface area contributed by atoms with E-state index in [1.807, 2.05) is 17.0 Å². The molecule has 3 aliphatic rings. The summed E-state index contributed by atoms with van der Waals surface area (Å²) < 4.78 is 6.15. The second-order valence-corrected chi connectivity index (χ2v) is 7.65. The van der Waals surface area contributed by atoms with E-state index in [-0.39, 0.29) is 12.0 Å². The van der Waals surface area contributed by atoms with Crippen LogP contribution in [0.1, 0.15) is 16.9 Å². The van der Waals surface area contributed by atoms with Gasteiger partial charge in [0.2, 0.25) is 0 Å². The summed E-state index contributed by atoms with van der Waals surface area (Å²) in [5.74, 6) is 1.12. The molecule has 1 amide bonds. The maximum Gasteiger partial charge on any atom is 0.272 e. The molecule has 3 atom stereocenters. The average molecular weight is 344 g/mol. The first-order valence-electron chi connectivity index (χ1n) is 9.43. The Morgan fingerprint density at radius 2 is 2.08 bits per heavy atom. The summed E-state index contributed by atoms with van der Waals surface area (Å²) in [5.41, 5.74) is 0.551. The number of pyridine rings is 1. The summed E-state index contributed by atoms with van der Waals surface area (Å²) in [7, 11) is 2.18. The first-order chi connectivity index (χ1) is 12.2.